The Morgan fingerprint density at radius 3 is 1.44 bits per heavy atom. The molecule has 1 aliphatic heterocycles. The number of benzene rings is 11. The maximum atomic E-state index is 6.79. The summed E-state index contributed by atoms with van der Waals surface area (Å²) in [6.07, 6.45) is 0. The minimum atomic E-state index is -0.548. The number of rotatable bonds is 8. The van der Waals surface area contributed by atoms with E-state index in [0.29, 0.717) is 0 Å². The molecular formula is C67H45N3O. The van der Waals surface area contributed by atoms with E-state index in [2.05, 4.69) is 288 Å². The Morgan fingerprint density at radius 1 is 0.296 bits per heavy atom. The molecule has 11 aromatic carbocycles. The Morgan fingerprint density at radius 2 is 0.761 bits per heavy atom. The van der Waals surface area contributed by atoms with Crippen molar-refractivity contribution >= 4 is 73.1 Å². The van der Waals surface area contributed by atoms with Gasteiger partial charge in [0.05, 0.1) is 16.8 Å². The number of hydrogen-bond donors (Lipinski definition) is 0. The van der Waals surface area contributed by atoms with Crippen molar-refractivity contribution in [3.63, 3.8) is 0 Å². The summed E-state index contributed by atoms with van der Waals surface area (Å²) in [6.45, 7) is 0. The van der Waals surface area contributed by atoms with Gasteiger partial charge >= 0.3 is 0 Å². The van der Waals surface area contributed by atoms with E-state index >= 15 is 0 Å². The van der Waals surface area contributed by atoms with Crippen molar-refractivity contribution in [3.8, 4) is 22.3 Å². The highest BCUT2D eigenvalue weighted by molar-refractivity contribution is 6.08. The lowest BCUT2D eigenvalue weighted by Gasteiger charge is -2.45. The van der Waals surface area contributed by atoms with Crippen LogP contribution in [0.25, 0.3) is 44.2 Å². The molecule has 0 fully saturated rings. The van der Waals surface area contributed by atoms with Crippen LogP contribution in [0, 0.1) is 0 Å². The molecular weight excluding hydrogens is 863 g/mol. The van der Waals surface area contributed by atoms with Gasteiger partial charge in [0.15, 0.2) is 0 Å². The molecule has 0 unspecified atom stereocenters. The second-order valence-corrected chi connectivity index (χ2v) is 18.4. The summed E-state index contributed by atoms with van der Waals surface area (Å²) in [5.74, 6) is 0. The summed E-state index contributed by atoms with van der Waals surface area (Å²) < 4.78 is 6.79. The van der Waals surface area contributed by atoms with Crippen molar-refractivity contribution in [3.05, 3.63) is 295 Å². The highest BCUT2D eigenvalue weighted by Gasteiger charge is 2.51. The average molecular weight is 908 g/mol. The van der Waals surface area contributed by atoms with Crippen molar-refractivity contribution in [2.45, 2.75) is 5.41 Å². The van der Waals surface area contributed by atoms with Crippen molar-refractivity contribution in [2.75, 3.05) is 14.7 Å². The maximum Gasteiger partial charge on any atom is 0.137 e. The molecule has 14 rings (SSSR count). The minimum Gasteiger partial charge on any atom is -0.456 e. The molecule has 1 aromatic heterocycles. The molecule has 2 heterocycles. The number of nitrogens with zero attached hydrogens (tertiary/aromatic N) is 3. The molecule has 1 spiro atoms. The molecule has 0 bridgehead atoms. The lowest BCUT2D eigenvalue weighted by Crippen LogP contribution is -2.36. The summed E-state index contributed by atoms with van der Waals surface area (Å²) >= 11 is 0. The molecule has 4 nitrogen and oxygen atoms in total. The van der Waals surface area contributed by atoms with Crippen LogP contribution in [0.5, 0.6) is 0 Å². The van der Waals surface area contributed by atoms with Gasteiger partial charge in [0.2, 0.25) is 0 Å². The predicted octanol–water partition coefficient (Wildman–Crippen LogP) is 18.3. The average Bonchev–Trinajstić information content (AvgIpc) is 3.95. The van der Waals surface area contributed by atoms with Crippen molar-refractivity contribution in [1.82, 2.24) is 0 Å². The van der Waals surface area contributed by atoms with Crippen LogP contribution >= 0.6 is 0 Å². The standard InChI is InChI=1S/C67H45N3O/c1-5-19-46(20-6-1)47-33-35-51(36-34-47)69(54-37-40-56-58-44-53(39-42-65(58)71-66(56)45-54)68(48-21-7-2-8-22-48)49-23-9-3-10-24-49)52-38-41-60-57(43-52)55-27-13-14-28-59(55)67(60)61-29-15-17-31-63(61)70(50-25-11-4-12-26-50)64-32-18-16-30-62(64)67/h1-45H. The Kier molecular flexibility index (Phi) is 9.39. The van der Waals surface area contributed by atoms with Gasteiger partial charge in [-0.1, -0.05) is 164 Å². The van der Waals surface area contributed by atoms with E-state index in [1.165, 1.54) is 55.9 Å². The smallest absolute Gasteiger partial charge is 0.137 e. The number of anilines is 9. The van der Waals surface area contributed by atoms with Crippen LogP contribution in [0.1, 0.15) is 22.3 Å². The number of para-hydroxylation sites is 5. The van der Waals surface area contributed by atoms with Crippen LogP contribution in [-0.4, -0.2) is 0 Å². The zero-order valence-corrected chi connectivity index (χ0v) is 38.7. The fraction of sp³-hybridized carbons (Fsp3) is 0.0149. The van der Waals surface area contributed by atoms with Crippen LogP contribution in [0.4, 0.5) is 51.2 Å². The first-order valence-electron chi connectivity index (χ1n) is 24.3. The van der Waals surface area contributed by atoms with Gasteiger partial charge in [-0.3, -0.25) is 0 Å². The van der Waals surface area contributed by atoms with Crippen LogP contribution in [-0.2, 0) is 5.41 Å². The van der Waals surface area contributed by atoms with E-state index in [-0.39, 0.29) is 0 Å². The van der Waals surface area contributed by atoms with Crippen LogP contribution < -0.4 is 14.7 Å². The maximum absolute atomic E-state index is 6.79. The number of furan rings is 1. The van der Waals surface area contributed by atoms with Crippen molar-refractivity contribution in [2.24, 2.45) is 0 Å². The first-order chi connectivity index (χ1) is 35.2. The van der Waals surface area contributed by atoms with Crippen LogP contribution in [0.15, 0.2) is 277 Å². The molecule has 4 heteroatoms. The van der Waals surface area contributed by atoms with Crippen LogP contribution in [0.3, 0.4) is 0 Å². The molecule has 0 atom stereocenters. The number of fused-ring (bicyclic) bond motifs is 12. The molecule has 0 N–H and O–H groups in total. The summed E-state index contributed by atoms with van der Waals surface area (Å²) in [7, 11) is 0. The van der Waals surface area contributed by atoms with Gasteiger partial charge in [-0.25, -0.2) is 0 Å². The number of hydrogen-bond acceptors (Lipinski definition) is 4. The lowest BCUT2D eigenvalue weighted by atomic mass is 9.64. The Balaban J connectivity index is 0.942. The second-order valence-electron chi connectivity index (χ2n) is 18.4. The molecule has 1 aliphatic carbocycles. The normalized spacial score (nSPS) is 12.9. The third-order valence-corrected chi connectivity index (χ3v) is 14.6. The Labute approximate surface area is 413 Å². The van der Waals surface area contributed by atoms with E-state index in [4.69, 9.17) is 4.42 Å². The van der Waals surface area contributed by atoms with Crippen LogP contribution in [0.2, 0.25) is 0 Å². The molecule has 0 saturated carbocycles. The summed E-state index contributed by atoms with van der Waals surface area (Å²) in [6, 6.07) is 98.8. The fourth-order valence-electron chi connectivity index (χ4n) is 11.6. The zero-order valence-electron chi connectivity index (χ0n) is 38.7. The van der Waals surface area contributed by atoms with E-state index in [1.807, 2.05) is 0 Å². The minimum absolute atomic E-state index is 0.548. The highest BCUT2D eigenvalue weighted by Crippen LogP contribution is 2.64. The quantitative estimate of drug-likeness (QED) is 0.152. The highest BCUT2D eigenvalue weighted by atomic mass is 16.3. The monoisotopic (exact) mass is 907 g/mol. The largest absolute Gasteiger partial charge is 0.456 e. The van der Waals surface area contributed by atoms with Gasteiger partial charge in [-0.15, -0.1) is 0 Å². The zero-order chi connectivity index (χ0) is 46.9. The molecule has 2 aliphatic rings. The molecule has 334 valence electrons. The van der Waals surface area contributed by atoms with Gasteiger partial charge in [-0.05, 0) is 148 Å². The van der Waals surface area contributed by atoms with Crippen molar-refractivity contribution < 1.29 is 4.42 Å². The van der Waals surface area contributed by atoms with E-state index in [0.717, 1.165) is 61.8 Å². The molecule has 12 aromatic rings. The van der Waals surface area contributed by atoms with Crippen molar-refractivity contribution in [1.29, 1.82) is 0 Å². The SMILES string of the molecule is c1ccc(-c2ccc(N(c3ccc4c(c3)-c3ccccc3C43c4ccccc4N(c4ccccc4)c4ccccc43)c3ccc4c(c3)oc3ccc(N(c5ccccc5)c5ccccc5)cc34)cc2)cc1. The topological polar surface area (TPSA) is 22.9 Å². The van der Waals surface area contributed by atoms with E-state index < -0.39 is 5.41 Å². The second kappa shape index (κ2) is 16.4. The first kappa shape index (κ1) is 40.7. The predicted molar refractivity (Wildman–Crippen MR) is 294 cm³/mol. The van der Waals surface area contributed by atoms with Gasteiger partial charge in [-0.2, -0.15) is 0 Å². The first-order valence-corrected chi connectivity index (χ1v) is 24.3. The summed E-state index contributed by atoms with van der Waals surface area (Å²) in [5, 5.41) is 2.13. The third-order valence-electron chi connectivity index (χ3n) is 14.6. The molecule has 0 amide bonds. The third kappa shape index (κ3) is 6.39. The Hall–Kier alpha value is -9.38. The van der Waals surface area contributed by atoms with E-state index in [9.17, 15) is 0 Å². The van der Waals surface area contributed by atoms with Gasteiger partial charge in [0.25, 0.3) is 0 Å². The lowest BCUT2D eigenvalue weighted by molar-refractivity contribution is 0.669. The molecule has 0 saturated heterocycles. The molecule has 71 heavy (non-hydrogen) atoms. The van der Waals surface area contributed by atoms with Gasteiger partial charge < -0.3 is 19.1 Å². The fourth-order valence-corrected chi connectivity index (χ4v) is 11.6. The van der Waals surface area contributed by atoms with E-state index in [1.54, 1.807) is 0 Å². The van der Waals surface area contributed by atoms with Gasteiger partial charge in [0, 0.05) is 56.7 Å². The summed E-state index contributed by atoms with van der Waals surface area (Å²) in [4.78, 5) is 7.11. The van der Waals surface area contributed by atoms with Gasteiger partial charge in [0.1, 0.15) is 11.2 Å². The molecule has 0 radical (unpaired) electrons. The summed E-state index contributed by atoms with van der Waals surface area (Å²) in [5.41, 5.74) is 20.9. The Bertz CT molecular complexity index is 3860.